The molecule has 7 nitrogen and oxygen atoms in total. The van der Waals surface area contributed by atoms with E-state index in [0.29, 0.717) is 18.2 Å². The van der Waals surface area contributed by atoms with Crippen molar-refractivity contribution in [3.63, 3.8) is 0 Å². The summed E-state index contributed by atoms with van der Waals surface area (Å²) >= 11 is 0. The Kier molecular flexibility index (Phi) is 4.58. The first-order valence-corrected chi connectivity index (χ1v) is 9.23. The van der Waals surface area contributed by atoms with E-state index in [2.05, 4.69) is 21.4 Å². The van der Waals surface area contributed by atoms with Crippen LogP contribution < -0.4 is 5.32 Å². The molecule has 4 rings (SSSR count). The van der Waals surface area contributed by atoms with E-state index in [1.807, 2.05) is 18.7 Å². The van der Waals surface area contributed by atoms with Crippen LogP contribution in [0.25, 0.3) is 0 Å². The average Bonchev–Trinajstić information content (AvgIpc) is 3.28. The Bertz CT molecular complexity index is 762. The van der Waals surface area contributed by atoms with Crippen molar-refractivity contribution in [1.82, 2.24) is 20.0 Å². The number of likely N-dealkylation sites (tertiary alicyclic amines) is 1. The standard InChI is InChI=1S/C19H26N4O3/c1-14-10-16(22(2)21-14)11-23-12-19(13-23)15(6-9-26-19)5-7-20-18(24)17-4-3-8-25-17/h3-4,8,10,15H,5-7,9,11-13H2,1-2H3,(H,20,24)/t15-/m1/s1. The van der Waals surface area contributed by atoms with Gasteiger partial charge in [0, 0.05) is 39.8 Å². The van der Waals surface area contributed by atoms with E-state index in [-0.39, 0.29) is 11.5 Å². The molecular weight excluding hydrogens is 332 g/mol. The Hall–Kier alpha value is -2.12. The lowest BCUT2D eigenvalue weighted by Crippen LogP contribution is -2.64. The molecule has 7 heteroatoms. The number of carbonyl (C=O) groups excluding carboxylic acids is 1. The van der Waals surface area contributed by atoms with Gasteiger partial charge in [-0.05, 0) is 43.9 Å². The zero-order valence-electron chi connectivity index (χ0n) is 15.4. The van der Waals surface area contributed by atoms with Gasteiger partial charge in [-0.15, -0.1) is 0 Å². The number of rotatable bonds is 6. The van der Waals surface area contributed by atoms with Crippen LogP contribution >= 0.6 is 0 Å². The predicted octanol–water partition coefficient (Wildman–Crippen LogP) is 1.73. The highest BCUT2D eigenvalue weighted by molar-refractivity contribution is 5.91. The van der Waals surface area contributed by atoms with Crippen molar-refractivity contribution >= 4 is 5.91 Å². The maximum Gasteiger partial charge on any atom is 0.286 e. The molecule has 0 unspecified atom stereocenters. The minimum absolute atomic E-state index is 0.0386. The summed E-state index contributed by atoms with van der Waals surface area (Å²) in [6.07, 6.45) is 3.52. The molecule has 0 bridgehead atoms. The van der Waals surface area contributed by atoms with Crippen molar-refractivity contribution in [3.8, 4) is 0 Å². The van der Waals surface area contributed by atoms with Crippen LogP contribution in [0.1, 0.15) is 34.8 Å². The number of amides is 1. The Morgan fingerprint density at radius 3 is 3.00 bits per heavy atom. The molecular formula is C19H26N4O3. The maximum atomic E-state index is 12.0. The molecule has 140 valence electrons. The van der Waals surface area contributed by atoms with Gasteiger partial charge in [-0.1, -0.05) is 0 Å². The van der Waals surface area contributed by atoms with Crippen molar-refractivity contribution < 1.29 is 13.9 Å². The average molecular weight is 358 g/mol. The van der Waals surface area contributed by atoms with Gasteiger partial charge in [-0.2, -0.15) is 5.10 Å². The molecule has 1 amide bonds. The fourth-order valence-corrected chi connectivity index (χ4v) is 4.26. The summed E-state index contributed by atoms with van der Waals surface area (Å²) in [5, 5.41) is 7.36. The molecule has 26 heavy (non-hydrogen) atoms. The third kappa shape index (κ3) is 3.29. The third-order valence-electron chi connectivity index (χ3n) is 5.59. The smallest absolute Gasteiger partial charge is 0.286 e. The van der Waals surface area contributed by atoms with Crippen LogP contribution in [0, 0.1) is 12.8 Å². The highest BCUT2D eigenvalue weighted by atomic mass is 16.5. The van der Waals surface area contributed by atoms with Crippen LogP contribution in [0.4, 0.5) is 0 Å². The van der Waals surface area contributed by atoms with Gasteiger partial charge in [-0.3, -0.25) is 14.4 Å². The fourth-order valence-electron chi connectivity index (χ4n) is 4.26. The number of aryl methyl sites for hydroxylation is 2. The summed E-state index contributed by atoms with van der Waals surface area (Å²) in [4.78, 5) is 14.4. The number of furan rings is 1. The predicted molar refractivity (Wildman–Crippen MR) is 95.7 cm³/mol. The van der Waals surface area contributed by atoms with E-state index >= 15 is 0 Å². The lowest BCUT2D eigenvalue weighted by Gasteiger charge is -2.50. The molecule has 0 aliphatic carbocycles. The number of carbonyl (C=O) groups is 1. The summed E-state index contributed by atoms with van der Waals surface area (Å²) in [6, 6.07) is 5.54. The number of nitrogens with one attached hydrogen (secondary N) is 1. The molecule has 4 heterocycles. The first-order valence-electron chi connectivity index (χ1n) is 9.23. The van der Waals surface area contributed by atoms with Crippen molar-refractivity contribution in [1.29, 1.82) is 0 Å². The van der Waals surface area contributed by atoms with Crippen LogP contribution in [0.5, 0.6) is 0 Å². The first-order chi connectivity index (χ1) is 12.6. The molecule has 2 aromatic heterocycles. The van der Waals surface area contributed by atoms with E-state index in [1.54, 1.807) is 12.1 Å². The molecule has 2 aromatic rings. The third-order valence-corrected chi connectivity index (χ3v) is 5.59. The van der Waals surface area contributed by atoms with E-state index in [4.69, 9.17) is 9.15 Å². The molecule has 1 N–H and O–H groups in total. The molecule has 0 radical (unpaired) electrons. The van der Waals surface area contributed by atoms with E-state index in [0.717, 1.165) is 44.8 Å². The highest BCUT2D eigenvalue weighted by Gasteiger charge is 2.52. The van der Waals surface area contributed by atoms with Gasteiger partial charge in [0.1, 0.15) is 0 Å². The zero-order valence-corrected chi connectivity index (χ0v) is 15.4. The number of hydrogen-bond donors (Lipinski definition) is 1. The molecule has 2 saturated heterocycles. The largest absolute Gasteiger partial charge is 0.459 e. The normalized spacial score (nSPS) is 21.8. The van der Waals surface area contributed by atoms with Gasteiger partial charge < -0.3 is 14.5 Å². The SMILES string of the molecule is Cc1cc(CN2CC3(C2)OCC[C@H]3CCNC(=O)c2ccco2)n(C)n1. The van der Waals surface area contributed by atoms with Crippen molar-refractivity contribution in [3.05, 3.63) is 41.6 Å². The molecule has 1 spiro atoms. The quantitative estimate of drug-likeness (QED) is 0.851. The lowest BCUT2D eigenvalue weighted by molar-refractivity contribution is -0.137. The Morgan fingerprint density at radius 1 is 1.46 bits per heavy atom. The molecule has 0 saturated carbocycles. The maximum absolute atomic E-state index is 12.0. The molecule has 2 aliphatic heterocycles. The van der Waals surface area contributed by atoms with Crippen LogP contribution in [0.3, 0.4) is 0 Å². The highest BCUT2D eigenvalue weighted by Crippen LogP contribution is 2.42. The minimum Gasteiger partial charge on any atom is -0.459 e. The molecule has 0 aromatic carbocycles. The second-order valence-corrected chi connectivity index (χ2v) is 7.47. The summed E-state index contributed by atoms with van der Waals surface area (Å²) in [7, 11) is 1.99. The van der Waals surface area contributed by atoms with Gasteiger partial charge in [-0.25, -0.2) is 0 Å². The number of ether oxygens (including phenoxy) is 1. The molecule has 2 aliphatic rings. The topological polar surface area (TPSA) is 72.5 Å². The van der Waals surface area contributed by atoms with Gasteiger partial charge >= 0.3 is 0 Å². The number of nitrogens with zero attached hydrogens (tertiary/aromatic N) is 3. The summed E-state index contributed by atoms with van der Waals surface area (Å²) in [5.41, 5.74) is 2.25. The summed E-state index contributed by atoms with van der Waals surface area (Å²) in [5.74, 6) is 0.706. The van der Waals surface area contributed by atoms with Gasteiger partial charge in [0.05, 0.1) is 23.3 Å². The number of hydrogen-bond acceptors (Lipinski definition) is 5. The second-order valence-electron chi connectivity index (χ2n) is 7.47. The monoisotopic (exact) mass is 358 g/mol. The second kappa shape index (κ2) is 6.89. The van der Waals surface area contributed by atoms with Crippen molar-refractivity contribution in [2.24, 2.45) is 13.0 Å². The molecule has 1 atom stereocenters. The van der Waals surface area contributed by atoms with Gasteiger partial charge in [0.2, 0.25) is 0 Å². The van der Waals surface area contributed by atoms with Crippen molar-refractivity contribution in [2.45, 2.75) is 31.9 Å². The van der Waals surface area contributed by atoms with E-state index < -0.39 is 0 Å². The number of aromatic nitrogens is 2. The summed E-state index contributed by atoms with van der Waals surface area (Å²) in [6.45, 7) is 6.30. The summed E-state index contributed by atoms with van der Waals surface area (Å²) < 4.78 is 13.2. The van der Waals surface area contributed by atoms with E-state index in [1.165, 1.54) is 12.0 Å². The Morgan fingerprint density at radius 2 is 2.31 bits per heavy atom. The minimum atomic E-state index is -0.148. The molecule has 2 fully saturated rings. The zero-order chi connectivity index (χ0) is 18.1. The van der Waals surface area contributed by atoms with E-state index in [9.17, 15) is 4.79 Å². The van der Waals surface area contributed by atoms with Crippen LogP contribution in [0.2, 0.25) is 0 Å². The van der Waals surface area contributed by atoms with Crippen LogP contribution in [0.15, 0.2) is 28.9 Å². The van der Waals surface area contributed by atoms with Crippen LogP contribution in [-0.2, 0) is 18.3 Å². The van der Waals surface area contributed by atoms with Gasteiger partial charge in [0.15, 0.2) is 5.76 Å². The first kappa shape index (κ1) is 17.3. The van der Waals surface area contributed by atoms with Crippen molar-refractivity contribution in [2.75, 3.05) is 26.2 Å². The van der Waals surface area contributed by atoms with Crippen LogP contribution in [-0.4, -0.2) is 52.4 Å². The Labute approximate surface area is 153 Å². The van der Waals surface area contributed by atoms with Gasteiger partial charge in [0.25, 0.3) is 5.91 Å². The Balaban J connectivity index is 1.26. The lowest BCUT2D eigenvalue weighted by atomic mass is 9.79. The fraction of sp³-hybridized carbons (Fsp3) is 0.579.